The molecule has 3 nitrogen and oxygen atoms in total. The van der Waals surface area contributed by atoms with Crippen molar-refractivity contribution in [3.63, 3.8) is 0 Å². The van der Waals surface area contributed by atoms with E-state index in [2.05, 4.69) is 4.98 Å². The van der Waals surface area contributed by atoms with E-state index in [0.717, 1.165) is 31.7 Å². The Morgan fingerprint density at radius 3 is 2.75 bits per heavy atom. The SMILES string of the molecule is CCN(CC1CCCO1)c1ncc(C(F)(F)F)cc1Cl. The topological polar surface area (TPSA) is 25.4 Å². The molecule has 0 saturated carbocycles. The minimum absolute atomic E-state index is 0.0136. The van der Waals surface area contributed by atoms with Gasteiger partial charge in [-0.05, 0) is 25.8 Å². The third kappa shape index (κ3) is 3.55. The van der Waals surface area contributed by atoms with E-state index in [-0.39, 0.29) is 11.1 Å². The third-order valence-corrected chi connectivity index (χ3v) is 3.56. The van der Waals surface area contributed by atoms with Crippen molar-refractivity contribution in [1.82, 2.24) is 4.98 Å². The number of alkyl halides is 3. The van der Waals surface area contributed by atoms with Crippen LogP contribution in [0.5, 0.6) is 0 Å². The van der Waals surface area contributed by atoms with E-state index >= 15 is 0 Å². The van der Waals surface area contributed by atoms with Crippen LogP contribution in [0.25, 0.3) is 0 Å². The largest absolute Gasteiger partial charge is 0.417 e. The van der Waals surface area contributed by atoms with Crippen LogP contribution in [0.15, 0.2) is 12.3 Å². The standard InChI is InChI=1S/C13H16ClF3N2O/c1-2-19(8-10-4-3-5-20-10)12-11(14)6-9(7-18-12)13(15,16)17/h6-7,10H,2-5,8H2,1H3. The van der Waals surface area contributed by atoms with Crippen molar-refractivity contribution in [2.75, 3.05) is 24.6 Å². The summed E-state index contributed by atoms with van der Waals surface area (Å²) in [6.07, 6.45) is -1.55. The first-order valence-electron chi connectivity index (χ1n) is 6.51. The van der Waals surface area contributed by atoms with Crippen molar-refractivity contribution >= 4 is 17.4 Å². The molecule has 1 saturated heterocycles. The highest BCUT2D eigenvalue weighted by Crippen LogP contribution is 2.33. The molecule has 0 N–H and O–H groups in total. The van der Waals surface area contributed by atoms with Crippen LogP contribution >= 0.6 is 11.6 Å². The Morgan fingerprint density at radius 1 is 1.50 bits per heavy atom. The van der Waals surface area contributed by atoms with Gasteiger partial charge in [0.25, 0.3) is 0 Å². The lowest BCUT2D eigenvalue weighted by atomic mass is 10.2. The molecule has 1 aromatic rings. The molecule has 1 aromatic heterocycles. The van der Waals surface area contributed by atoms with Crippen molar-refractivity contribution in [3.05, 3.63) is 22.8 Å². The van der Waals surface area contributed by atoms with Gasteiger partial charge in [0.2, 0.25) is 0 Å². The second kappa shape index (κ2) is 6.18. The van der Waals surface area contributed by atoms with Crippen LogP contribution in [-0.2, 0) is 10.9 Å². The van der Waals surface area contributed by atoms with Gasteiger partial charge in [-0.3, -0.25) is 0 Å². The minimum atomic E-state index is -4.43. The number of nitrogens with zero attached hydrogens (tertiary/aromatic N) is 2. The number of hydrogen-bond acceptors (Lipinski definition) is 3. The molecular formula is C13H16ClF3N2O. The third-order valence-electron chi connectivity index (χ3n) is 3.28. The number of halogens is 4. The monoisotopic (exact) mass is 308 g/mol. The lowest BCUT2D eigenvalue weighted by Gasteiger charge is -2.26. The van der Waals surface area contributed by atoms with Crippen LogP contribution in [0.1, 0.15) is 25.3 Å². The molecule has 7 heteroatoms. The Morgan fingerprint density at radius 2 is 2.25 bits per heavy atom. The first-order valence-corrected chi connectivity index (χ1v) is 6.89. The zero-order chi connectivity index (χ0) is 14.8. The lowest BCUT2D eigenvalue weighted by molar-refractivity contribution is -0.137. The Kier molecular flexibility index (Phi) is 4.75. The predicted octanol–water partition coefficient (Wildman–Crippen LogP) is 3.76. The number of rotatable bonds is 4. The number of hydrogen-bond donors (Lipinski definition) is 0. The Hall–Kier alpha value is -1.01. The Bertz CT molecular complexity index is 461. The summed E-state index contributed by atoms with van der Waals surface area (Å²) < 4.78 is 43.3. The second-order valence-corrected chi connectivity index (χ2v) is 5.11. The number of ether oxygens (including phenoxy) is 1. The maximum Gasteiger partial charge on any atom is 0.417 e. The molecule has 1 unspecified atom stereocenters. The van der Waals surface area contributed by atoms with Gasteiger partial charge >= 0.3 is 6.18 Å². The van der Waals surface area contributed by atoms with Crippen molar-refractivity contribution < 1.29 is 17.9 Å². The average Bonchev–Trinajstić information content (AvgIpc) is 2.88. The van der Waals surface area contributed by atoms with Gasteiger partial charge in [-0.15, -0.1) is 0 Å². The van der Waals surface area contributed by atoms with Crippen LogP contribution in [0.4, 0.5) is 19.0 Å². The van der Waals surface area contributed by atoms with Gasteiger partial charge in [0.05, 0.1) is 16.7 Å². The zero-order valence-corrected chi connectivity index (χ0v) is 11.8. The Balaban J connectivity index is 2.17. The molecule has 0 spiro atoms. The summed E-state index contributed by atoms with van der Waals surface area (Å²) in [5.74, 6) is 0.373. The van der Waals surface area contributed by atoms with Gasteiger partial charge in [0.1, 0.15) is 5.82 Å². The summed E-state index contributed by atoms with van der Waals surface area (Å²) in [7, 11) is 0. The van der Waals surface area contributed by atoms with Crippen molar-refractivity contribution in [2.24, 2.45) is 0 Å². The van der Waals surface area contributed by atoms with Crippen molar-refractivity contribution in [2.45, 2.75) is 32.0 Å². The van der Waals surface area contributed by atoms with E-state index < -0.39 is 11.7 Å². The summed E-state index contributed by atoms with van der Waals surface area (Å²) in [5.41, 5.74) is -0.834. The fourth-order valence-electron chi connectivity index (χ4n) is 2.22. The van der Waals surface area contributed by atoms with Crippen LogP contribution in [0, 0.1) is 0 Å². The van der Waals surface area contributed by atoms with E-state index in [0.29, 0.717) is 18.9 Å². The smallest absolute Gasteiger partial charge is 0.376 e. The van der Waals surface area contributed by atoms with Gasteiger partial charge in [-0.1, -0.05) is 11.6 Å². The second-order valence-electron chi connectivity index (χ2n) is 4.70. The first kappa shape index (κ1) is 15.4. The highest BCUT2D eigenvalue weighted by molar-refractivity contribution is 6.33. The number of aromatic nitrogens is 1. The number of anilines is 1. The molecule has 1 aliphatic rings. The number of likely N-dealkylation sites (N-methyl/N-ethyl adjacent to an activating group) is 1. The van der Waals surface area contributed by atoms with Gasteiger partial charge in [-0.25, -0.2) is 4.98 Å². The van der Waals surface area contributed by atoms with Crippen molar-refractivity contribution in [3.8, 4) is 0 Å². The average molecular weight is 309 g/mol. The maximum absolute atomic E-state index is 12.6. The van der Waals surface area contributed by atoms with Crippen molar-refractivity contribution in [1.29, 1.82) is 0 Å². The van der Waals surface area contributed by atoms with E-state index in [1.54, 1.807) is 0 Å². The van der Waals surface area contributed by atoms with E-state index in [1.165, 1.54) is 0 Å². The van der Waals surface area contributed by atoms with E-state index in [1.807, 2.05) is 11.8 Å². The molecule has 0 radical (unpaired) electrons. The van der Waals surface area contributed by atoms with Crippen LogP contribution in [-0.4, -0.2) is 30.8 Å². The van der Waals surface area contributed by atoms with Crippen LogP contribution in [0.3, 0.4) is 0 Å². The summed E-state index contributed by atoms with van der Waals surface area (Å²) in [4.78, 5) is 5.72. The normalized spacial score (nSPS) is 19.4. The van der Waals surface area contributed by atoms with Crippen LogP contribution in [0.2, 0.25) is 5.02 Å². The maximum atomic E-state index is 12.6. The van der Waals surface area contributed by atoms with Gasteiger partial charge < -0.3 is 9.64 Å². The number of pyridine rings is 1. The van der Waals surface area contributed by atoms with Crippen LogP contribution < -0.4 is 4.90 Å². The summed E-state index contributed by atoms with van der Waals surface area (Å²) in [6.45, 7) is 3.84. The molecule has 0 amide bonds. The molecule has 1 aliphatic heterocycles. The summed E-state index contributed by atoms with van der Waals surface area (Å²) in [6, 6.07) is 0.919. The first-order chi connectivity index (χ1) is 9.41. The molecule has 20 heavy (non-hydrogen) atoms. The molecular weight excluding hydrogens is 293 g/mol. The zero-order valence-electron chi connectivity index (χ0n) is 11.1. The molecule has 0 bridgehead atoms. The summed E-state index contributed by atoms with van der Waals surface area (Å²) in [5, 5.41) is 0.0136. The lowest BCUT2D eigenvalue weighted by Crippen LogP contribution is -2.33. The molecule has 0 aromatic carbocycles. The molecule has 112 valence electrons. The molecule has 0 aliphatic carbocycles. The molecule has 2 heterocycles. The minimum Gasteiger partial charge on any atom is -0.376 e. The highest BCUT2D eigenvalue weighted by atomic mass is 35.5. The van der Waals surface area contributed by atoms with E-state index in [9.17, 15) is 13.2 Å². The highest BCUT2D eigenvalue weighted by Gasteiger charge is 2.32. The molecule has 1 fully saturated rings. The quantitative estimate of drug-likeness (QED) is 0.847. The predicted molar refractivity (Wildman–Crippen MR) is 71.1 cm³/mol. The Labute approximate surface area is 120 Å². The van der Waals surface area contributed by atoms with Gasteiger partial charge in [-0.2, -0.15) is 13.2 Å². The van der Waals surface area contributed by atoms with Gasteiger partial charge in [0.15, 0.2) is 0 Å². The molecule has 2 rings (SSSR count). The fraction of sp³-hybridized carbons (Fsp3) is 0.615. The molecule has 1 atom stereocenters. The fourth-order valence-corrected chi connectivity index (χ4v) is 2.50. The van der Waals surface area contributed by atoms with E-state index in [4.69, 9.17) is 16.3 Å². The summed E-state index contributed by atoms with van der Waals surface area (Å²) >= 11 is 5.95. The van der Waals surface area contributed by atoms with Gasteiger partial charge in [0, 0.05) is 25.9 Å².